The molecule has 1 heterocycles. The van der Waals surface area contributed by atoms with Crippen molar-refractivity contribution in [1.29, 1.82) is 0 Å². The predicted molar refractivity (Wildman–Crippen MR) is 82.0 cm³/mol. The van der Waals surface area contributed by atoms with Crippen LogP contribution in [0.1, 0.15) is 31.8 Å². The molecule has 0 aliphatic rings. The Morgan fingerprint density at radius 2 is 1.85 bits per heavy atom. The fourth-order valence-electron chi connectivity index (χ4n) is 1.58. The number of hydrogen-bond donors (Lipinski definition) is 1. The maximum Gasteiger partial charge on any atom is 0.261 e. The van der Waals surface area contributed by atoms with Crippen LogP contribution >= 0.6 is 34.5 Å². The zero-order valence-corrected chi connectivity index (χ0v) is 12.9. The average molecular weight is 328 g/mol. The Bertz CT molecular complexity index is 667. The van der Waals surface area contributed by atoms with Gasteiger partial charge in [0.2, 0.25) is 0 Å². The van der Waals surface area contributed by atoms with Gasteiger partial charge in [-0.05, 0) is 36.8 Å². The van der Waals surface area contributed by atoms with Crippen molar-refractivity contribution < 1.29 is 9.59 Å². The minimum atomic E-state index is -0.228. The Hall–Kier alpha value is -1.36. The molecule has 1 N–H and O–H groups in total. The number of carbonyl (C=O) groups excluding carboxylic acids is 2. The second-order valence-corrected chi connectivity index (χ2v) is 6.07. The van der Waals surface area contributed by atoms with Gasteiger partial charge in [-0.3, -0.25) is 9.59 Å². The van der Waals surface area contributed by atoms with Gasteiger partial charge < -0.3 is 5.32 Å². The number of thiophene rings is 1. The maximum atomic E-state index is 12.0. The topological polar surface area (TPSA) is 46.2 Å². The van der Waals surface area contributed by atoms with Gasteiger partial charge >= 0.3 is 0 Å². The summed E-state index contributed by atoms with van der Waals surface area (Å²) in [5.74, 6) is -0.275. The van der Waals surface area contributed by atoms with Crippen LogP contribution in [0.4, 0.5) is 0 Å². The second-order valence-electron chi connectivity index (χ2n) is 4.14. The number of hydrogen-bond acceptors (Lipinski definition) is 3. The fraction of sp³-hybridized carbons (Fsp3) is 0.143. The summed E-state index contributed by atoms with van der Waals surface area (Å²) >= 11 is 13.0. The number of amides is 1. The van der Waals surface area contributed by atoms with Crippen molar-refractivity contribution in [3.8, 4) is 0 Å². The van der Waals surface area contributed by atoms with E-state index in [0.29, 0.717) is 26.3 Å². The molecule has 6 heteroatoms. The minimum Gasteiger partial charge on any atom is -0.347 e. The molecule has 0 radical (unpaired) electrons. The number of ketones is 1. The van der Waals surface area contributed by atoms with Crippen molar-refractivity contribution in [2.24, 2.45) is 0 Å². The molecule has 0 saturated carbocycles. The Labute approximate surface area is 130 Å². The third-order valence-corrected chi connectivity index (χ3v) is 4.40. The quantitative estimate of drug-likeness (QED) is 0.856. The molecule has 0 aliphatic heterocycles. The van der Waals surface area contributed by atoms with Gasteiger partial charge in [0, 0.05) is 16.6 Å². The zero-order chi connectivity index (χ0) is 14.7. The number of Topliss-reactive ketones (excluding diaryl/α,β-unsaturated/α-hetero) is 1. The molecule has 0 fully saturated rings. The molecular formula is C14H11Cl2NO2S. The van der Waals surface area contributed by atoms with Crippen molar-refractivity contribution >= 4 is 46.2 Å². The smallest absolute Gasteiger partial charge is 0.261 e. The number of halogens is 2. The largest absolute Gasteiger partial charge is 0.347 e. The van der Waals surface area contributed by atoms with Crippen LogP contribution in [0.25, 0.3) is 0 Å². The second kappa shape index (κ2) is 6.39. The predicted octanol–water partition coefficient (Wildman–Crippen LogP) is 4.19. The van der Waals surface area contributed by atoms with Crippen LogP contribution in [0.5, 0.6) is 0 Å². The van der Waals surface area contributed by atoms with Gasteiger partial charge in [0.1, 0.15) is 0 Å². The van der Waals surface area contributed by atoms with Gasteiger partial charge in [0.25, 0.3) is 5.91 Å². The first-order valence-corrected chi connectivity index (χ1v) is 7.37. The third kappa shape index (κ3) is 3.60. The van der Waals surface area contributed by atoms with E-state index < -0.39 is 0 Å². The lowest BCUT2D eigenvalue weighted by Gasteiger charge is -2.06. The lowest BCUT2D eigenvalue weighted by molar-refractivity contribution is 0.0954. The van der Waals surface area contributed by atoms with E-state index in [0.717, 1.165) is 5.56 Å². The standard InChI is InChI=1S/C14H11Cl2NO2S/c1-8(18)12-4-5-13(20-12)14(19)17-7-9-2-3-10(15)6-11(9)16/h2-6H,7H2,1H3,(H,17,19). The number of rotatable bonds is 4. The summed E-state index contributed by atoms with van der Waals surface area (Å²) in [7, 11) is 0. The van der Waals surface area contributed by atoms with Crippen LogP contribution in [-0.2, 0) is 6.54 Å². The Morgan fingerprint density at radius 3 is 2.45 bits per heavy atom. The van der Waals surface area contributed by atoms with Gasteiger partial charge in [-0.15, -0.1) is 11.3 Å². The van der Waals surface area contributed by atoms with Gasteiger partial charge in [0.05, 0.1) is 9.75 Å². The molecule has 1 amide bonds. The molecule has 0 unspecified atom stereocenters. The molecule has 1 aromatic heterocycles. The zero-order valence-electron chi connectivity index (χ0n) is 10.6. The van der Waals surface area contributed by atoms with Crippen LogP contribution in [0.15, 0.2) is 30.3 Å². The monoisotopic (exact) mass is 327 g/mol. The first kappa shape index (κ1) is 15.0. The van der Waals surface area contributed by atoms with Gasteiger partial charge in [-0.1, -0.05) is 29.3 Å². The molecule has 20 heavy (non-hydrogen) atoms. The lowest BCUT2D eigenvalue weighted by Crippen LogP contribution is -2.21. The molecule has 3 nitrogen and oxygen atoms in total. The molecule has 2 rings (SSSR count). The van der Waals surface area contributed by atoms with Crippen LogP contribution in [0, 0.1) is 0 Å². The number of carbonyl (C=O) groups is 2. The Balaban J connectivity index is 2.02. The third-order valence-electron chi connectivity index (χ3n) is 2.63. The highest BCUT2D eigenvalue weighted by Crippen LogP contribution is 2.21. The molecule has 104 valence electrons. The number of nitrogens with one attached hydrogen (secondary N) is 1. The molecule has 0 spiro atoms. The van der Waals surface area contributed by atoms with Gasteiger partial charge in [-0.2, -0.15) is 0 Å². The van der Waals surface area contributed by atoms with Crippen LogP contribution < -0.4 is 5.32 Å². The normalized spacial score (nSPS) is 10.3. The summed E-state index contributed by atoms with van der Waals surface area (Å²) in [4.78, 5) is 24.2. The number of benzene rings is 1. The Morgan fingerprint density at radius 1 is 1.15 bits per heavy atom. The first-order chi connectivity index (χ1) is 9.47. The van der Waals surface area contributed by atoms with Gasteiger partial charge in [-0.25, -0.2) is 0 Å². The highest BCUT2D eigenvalue weighted by atomic mass is 35.5. The summed E-state index contributed by atoms with van der Waals surface area (Å²) in [5, 5.41) is 3.82. The Kier molecular flexibility index (Phi) is 4.81. The lowest BCUT2D eigenvalue weighted by atomic mass is 10.2. The van der Waals surface area contributed by atoms with E-state index in [1.807, 2.05) is 0 Å². The summed E-state index contributed by atoms with van der Waals surface area (Å²) in [6.45, 7) is 1.78. The van der Waals surface area contributed by atoms with E-state index >= 15 is 0 Å². The van der Waals surface area contributed by atoms with Crippen molar-refractivity contribution in [3.05, 3.63) is 55.7 Å². The highest BCUT2D eigenvalue weighted by Gasteiger charge is 2.11. The minimum absolute atomic E-state index is 0.0465. The highest BCUT2D eigenvalue weighted by molar-refractivity contribution is 7.15. The first-order valence-electron chi connectivity index (χ1n) is 5.80. The van der Waals surface area contributed by atoms with Crippen LogP contribution in [-0.4, -0.2) is 11.7 Å². The summed E-state index contributed by atoms with van der Waals surface area (Å²) in [5.41, 5.74) is 0.785. The van der Waals surface area contributed by atoms with Crippen molar-refractivity contribution in [2.75, 3.05) is 0 Å². The van der Waals surface area contributed by atoms with Crippen LogP contribution in [0.3, 0.4) is 0 Å². The molecule has 0 atom stereocenters. The summed E-state index contributed by atoms with van der Waals surface area (Å²) in [6, 6.07) is 8.40. The maximum absolute atomic E-state index is 12.0. The molecule has 2 aromatic rings. The van der Waals surface area contributed by atoms with E-state index in [1.54, 1.807) is 30.3 Å². The fourth-order valence-corrected chi connectivity index (χ4v) is 2.87. The van der Waals surface area contributed by atoms with E-state index in [9.17, 15) is 9.59 Å². The average Bonchev–Trinajstić information content (AvgIpc) is 2.87. The summed E-state index contributed by atoms with van der Waals surface area (Å²) in [6.07, 6.45) is 0. The van der Waals surface area contributed by atoms with Crippen LogP contribution in [0.2, 0.25) is 10.0 Å². The van der Waals surface area contributed by atoms with Gasteiger partial charge in [0.15, 0.2) is 5.78 Å². The van der Waals surface area contributed by atoms with Crippen molar-refractivity contribution in [1.82, 2.24) is 5.32 Å². The molecular weight excluding hydrogens is 317 g/mol. The van der Waals surface area contributed by atoms with E-state index in [1.165, 1.54) is 18.3 Å². The summed E-state index contributed by atoms with van der Waals surface area (Å²) < 4.78 is 0. The SMILES string of the molecule is CC(=O)c1ccc(C(=O)NCc2ccc(Cl)cc2Cl)s1. The van der Waals surface area contributed by atoms with Crippen molar-refractivity contribution in [2.45, 2.75) is 13.5 Å². The van der Waals surface area contributed by atoms with Crippen molar-refractivity contribution in [3.63, 3.8) is 0 Å². The van der Waals surface area contributed by atoms with E-state index in [2.05, 4.69) is 5.32 Å². The van der Waals surface area contributed by atoms with E-state index in [4.69, 9.17) is 23.2 Å². The molecule has 0 bridgehead atoms. The molecule has 0 saturated heterocycles. The molecule has 1 aromatic carbocycles. The molecule has 0 aliphatic carbocycles. The van der Waals surface area contributed by atoms with E-state index in [-0.39, 0.29) is 11.7 Å².